The highest BCUT2D eigenvalue weighted by Gasteiger charge is 2.39. The SMILES string of the molecule is O=C(NCCCOCc1ccccc1)[C@@H]1CCCN1S(=O)(=O)c1ccc(F)cc1. The highest BCUT2D eigenvalue weighted by molar-refractivity contribution is 7.89. The van der Waals surface area contributed by atoms with Crippen LogP contribution in [0.5, 0.6) is 0 Å². The molecule has 0 aromatic heterocycles. The average Bonchev–Trinajstić information content (AvgIpc) is 3.22. The van der Waals surface area contributed by atoms with Crippen LogP contribution in [0.2, 0.25) is 0 Å². The van der Waals surface area contributed by atoms with Crippen molar-refractivity contribution < 1.29 is 22.3 Å². The number of amides is 1. The van der Waals surface area contributed by atoms with Crippen LogP contribution in [-0.4, -0.2) is 44.4 Å². The summed E-state index contributed by atoms with van der Waals surface area (Å²) in [4.78, 5) is 12.5. The molecule has 1 aliphatic heterocycles. The molecule has 0 spiro atoms. The van der Waals surface area contributed by atoms with Crippen molar-refractivity contribution in [1.29, 1.82) is 0 Å². The van der Waals surface area contributed by atoms with Crippen LogP contribution in [0.25, 0.3) is 0 Å². The maximum atomic E-state index is 13.1. The number of hydrogen-bond donors (Lipinski definition) is 1. The minimum atomic E-state index is -3.84. The van der Waals surface area contributed by atoms with Gasteiger partial charge >= 0.3 is 0 Å². The highest BCUT2D eigenvalue weighted by atomic mass is 32.2. The molecule has 1 amide bonds. The maximum absolute atomic E-state index is 13.1. The topological polar surface area (TPSA) is 75.7 Å². The van der Waals surface area contributed by atoms with E-state index in [1.54, 1.807) is 0 Å². The molecule has 1 atom stereocenters. The van der Waals surface area contributed by atoms with Crippen LogP contribution in [0.4, 0.5) is 4.39 Å². The second kappa shape index (κ2) is 9.96. The Morgan fingerprint density at radius 3 is 2.59 bits per heavy atom. The van der Waals surface area contributed by atoms with Crippen LogP contribution >= 0.6 is 0 Å². The standard InChI is InChI=1S/C21H25FN2O4S/c22-18-9-11-19(12-10-18)29(26,27)24-14-4-8-20(24)21(25)23-13-5-15-28-16-17-6-2-1-3-7-17/h1-3,6-7,9-12,20H,4-5,8,13-16H2,(H,23,25)/t20-/m0/s1. The summed E-state index contributed by atoms with van der Waals surface area (Å²) >= 11 is 0. The first-order valence-corrected chi connectivity index (χ1v) is 11.1. The molecular weight excluding hydrogens is 395 g/mol. The average molecular weight is 421 g/mol. The number of halogens is 1. The third kappa shape index (κ3) is 5.62. The van der Waals surface area contributed by atoms with E-state index < -0.39 is 21.9 Å². The Bertz CT molecular complexity index is 904. The van der Waals surface area contributed by atoms with E-state index in [4.69, 9.17) is 4.74 Å². The highest BCUT2D eigenvalue weighted by Crippen LogP contribution is 2.26. The molecule has 2 aromatic rings. The van der Waals surface area contributed by atoms with Gasteiger partial charge in [0.1, 0.15) is 11.9 Å². The molecule has 1 N–H and O–H groups in total. The Morgan fingerprint density at radius 1 is 1.14 bits per heavy atom. The molecule has 1 heterocycles. The van der Waals surface area contributed by atoms with Crippen molar-refractivity contribution in [3.05, 3.63) is 66.0 Å². The van der Waals surface area contributed by atoms with E-state index in [-0.39, 0.29) is 17.3 Å². The molecule has 0 saturated carbocycles. The monoisotopic (exact) mass is 420 g/mol. The molecule has 8 heteroatoms. The smallest absolute Gasteiger partial charge is 0.243 e. The van der Waals surface area contributed by atoms with Crippen molar-refractivity contribution in [2.24, 2.45) is 0 Å². The van der Waals surface area contributed by atoms with Crippen LogP contribution in [-0.2, 0) is 26.2 Å². The fraction of sp³-hybridized carbons (Fsp3) is 0.381. The van der Waals surface area contributed by atoms with E-state index in [0.717, 1.165) is 17.7 Å². The minimum absolute atomic E-state index is 0.00656. The van der Waals surface area contributed by atoms with Gasteiger partial charge in [0, 0.05) is 19.7 Å². The Hall–Kier alpha value is -2.29. The summed E-state index contributed by atoms with van der Waals surface area (Å²) in [5.74, 6) is -0.814. The van der Waals surface area contributed by atoms with Crippen molar-refractivity contribution in [2.45, 2.75) is 36.8 Å². The van der Waals surface area contributed by atoms with E-state index in [1.807, 2.05) is 30.3 Å². The van der Waals surface area contributed by atoms with Gasteiger partial charge in [-0.3, -0.25) is 4.79 Å². The molecular formula is C21H25FN2O4S. The van der Waals surface area contributed by atoms with Crippen molar-refractivity contribution in [2.75, 3.05) is 19.7 Å². The first-order valence-electron chi connectivity index (χ1n) is 9.65. The number of hydrogen-bond acceptors (Lipinski definition) is 4. The van der Waals surface area contributed by atoms with Crippen LogP contribution in [0.1, 0.15) is 24.8 Å². The van der Waals surface area contributed by atoms with Crippen molar-refractivity contribution in [3.8, 4) is 0 Å². The summed E-state index contributed by atoms with van der Waals surface area (Å²) in [6.45, 7) is 1.70. The van der Waals surface area contributed by atoms with Gasteiger partial charge < -0.3 is 10.1 Å². The predicted octanol–water partition coefficient (Wildman–Crippen LogP) is 2.70. The van der Waals surface area contributed by atoms with Gasteiger partial charge in [0.2, 0.25) is 15.9 Å². The lowest BCUT2D eigenvalue weighted by molar-refractivity contribution is -0.124. The lowest BCUT2D eigenvalue weighted by atomic mass is 10.2. The van der Waals surface area contributed by atoms with Gasteiger partial charge in [0.05, 0.1) is 11.5 Å². The molecule has 2 aromatic carbocycles. The van der Waals surface area contributed by atoms with E-state index in [2.05, 4.69) is 5.32 Å². The summed E-state index contributed by atoms with van der Waals surface area (Å²) < 4.78 is 45.5. The molecule has 0 bridgehead atoms. The van der Waals surface area contributed by atoms with Gasteiger partial charge in [-0.2, -0.15) is 4.31 Å². The molecule has 1 aliphatic rings. The van der Waals surface area contributed by atoms with E-state index in [9.17, 15) is 17.6 Å². The Morgan fingerprint density at radius 2 is 1.86 bits per heavy atom. The predicted molar refractivity (Wildman–Crippen MR) is 107 cm³/mol. The first-order chi connectivity index (χ1) is 14.0. The normalized spacial score (nSPS) is 17.3. The summed E-state index contributed by atoms with van der Waals surface area (Å²) in [7, 11) is -3.84. The molecule has 0 radical (unpaired) electrons. The minimum Gasteiger partial charge on any atom is -0.377 e. The lowest BCUT2D eigenvalue weighted by Gasteiger charge is -2.23. The second-order valence-electron chi connectivity index (χ2n) is 6.91. The van der Waals surface area contributed by atoms with E-state index >= 15 is 0 Å². The molecule has 1 fully saturated rings. The number of ether oxygens (including phenoxy) is 1. The van der Waals surface area contributed by atoms with Gasteiger partial charge in [-0.15, -0.1) is 0 Å². The molecule has 156 valence electrons. The maximum Gasteiger partial charge on any atom is 0.243 e. The molecule has 6 nitrogen and oxygen atoms in total. The summed E-state index contributed by atoms with van der Waals surface area (Å²) in [5.41, 5.74) is 1.09. The quantitative estimate of drug-likeness (QED) is 0.633. The number of benzene rings is 2. The Kier molecular flexibility index (Phi) is 7.35. The largest absolute Gasteiger partial charge is 0.377 e. The third-order valence-corrected chi connectivity index (χ3v) is 6.73. The van der Waals surface area contributed by atoms with Crippen molar-refractivity contribution >= 4 is 15.9 Å². The third-order valence-electron chi connectivity index (χ3n) is 4.80. The lowest BCUT2D eigenvalue weighted by Crippen LogP contribution is -2.46. The number of nitrogens with one attached hydrogen (secondary N) is 1. The van der Waals surface area contributed by atoms with Gasteiger partial charge in [-0.25, -0.2) is 12.8 Å². The van der Waals surface area contributed by atoms with Crippen LogP contribution in [0, 0.1) is 5.82 Å². The number of rotatable bonds is 9. The van der Waals surface area contributed by atoms with Crippen LogP contribution in [0.3, 0.4) is 0 Å². The van der Waals surface area contributed by atoms with E-state index in [0.29, 0.717) is 39.0 Å². The van der Waals surface area contributed by atoms with E-state index in [1.165, 1.54) is 16.4 Å². The van der Waals surface area contributed by atoms with Crippen molar-refractivity contribution in [1.82, 2.24) is 9.62 Å². The Labute approximate surface area is 170 Å². The molecule has 0 unspecified atom stereocenters. The number of carbonyl (C=O) groups is 1. The second-order valence-corrected chi connectivity index (χ2v) is 8.80. The van der Waals surface area contributed by atoms with Gasteiger partial charge in [-0.1, -0.05) is 30.3 Å². The molecule has 29 heavy (non-hydrogen) atoms. The first kappa shape index (κ1) is 21.4. The van der Waals surface area contributed by atoms with Crippen molar-refractivity contribution in [3.63, 3.8) is 0 Å². The van der Waals surface area contributed by atoms with Crippen LogP contribution < -0.4 is 5.32 Å². The summed E-state index contributed by atoms with van der Waals surface area (Å²) in [6, 6.07) is 13.7. The zero-order chi connectivity index (χ0) is 20.7. The van der Waals surface area contributed by atoms with Gasteiger partial charge in [0.15, 0.2) is 0 Å². The fourth-order valence-electron chi connectivity index (χ4n) is 3.30. The number of carbonyl (C=O) groups excluding carboxylic acids is 1. The van der Waals surface area contributed by atoms with Crippen LogP contribution in [0.15, 0.2) is 59.5 Å². The Balaban J connectivity index is 1.46. The summed E-state index contributed by atoms with van der Waals surface area (Å²) in [5, 5.41) is 2.80. The summed E-state index contributed by atoms with van der Waals surface area (Å²) in [6.07, 6.45) is 1.71. The number of nitrogens with zero attached hydrogens (tertiary/aromatic N) is 1. The number of sulfonamides is 1. The van der Waals surface area contributed by atoms with Gasteiger partial charge in [0.25, 0.3) is 0 Å². The molecule has 0 aliphatic carbocycles. The zero-order valence-electron chi connectivity index (χ0n) is 16.1. The molecule has 1 saturated heterocycles. The molecule has 3 rings (SSSR count). The van der Waals surface area contributed by atoms with Gasteiger partial charge in [-0.05, 0) is 49.1 Å². The zero-order valence-corrected chi connectivity index (χ0v) is 16.9. The fourth-order valence-corrected chi connectivity index (χ4v) is 4.96.